The van der Waals surface area contributed by atoms with E-state index in [0.29, 0.717) is 5.89 Å². The van der Waals surface area contributed by atoms with Crippen molar-refractivity contribution in [3.63, 3.8) is 0 Å². The molecule has 0 saturated carbocycles. The Bertz CT molecular complexity index is 1040. The number of carbonyl (C=O) groups excluding carboxylic acids is 1. The van der Waals surface area contributed by atoms with Crippen molar-refractivity contribution in [2.45, 2.75) is 0 Å². The first-order valence-corrected chi connectivity index (χ1v) is 7.08. The SMILES string of the molecule is COC(=O)c1coc(-c2ccc3cc4ccccc4nc3c2)n1. The summed E-state index contributed by atoms with van der Waals surface area (Å²) in [4.78, 5) is 20.3. The van der Waals surface area contributed by atoms with E-state index in [-0.39, 0.29) is 5.69 Å². The molecule has 0 N–H and O–H groups in total. The topological polar surface area (TPSA) is 65.2 Å². The molecule has 2 aromatic heterocycles. The third-order valence-corrected chi connectivity index (χ3v) is 3.66. The van der Waals surface area contributed by atoms with Crippen molar-refractivity contribution in [2.24, 2.45) is 0 Å². The highest BCUT2D eigenvalue weighted by atomic mass is 16.5. The van der Waals surface area contributed by atoms with E-state index < -0.39 is 5.97 Å². The predicted octanol–water partition coefficient (Wildman–Crippen LogP) is 3.83. The van der Waals surface area contributed by atoms with Crippen molar-refractivity contribution in [1.82, 2.24) is 9.97 Å². The number of pyridine rings is 1. The van der Waals surface area contributed by atoms with Gasteiger partial charge >= 0.3 is 5.97 Å². The lowest BCUT2D eigenvalue weighted by Crippen LogP contribution is -2.00. The molecule has 4 rings (SSSR count). The van der Waals surface area contributed by atoms with E-state index >= 15 is 0 Å². The lowest BCUT2D eigenvalue weighted by molar-refractivity contribution is 0.0594. The van der Waals surface area contributed by atoms with Gasteiger partial charge in [0.1, 0.15) is 6.26 Å². The van der Waals surface area contributed by atoms with Gasteiger partial charge in [0.25, 0.3) is 0 Å². The van der Waals surface area contributed by atoms with E-state index in [2.05, 4.69) is 20.8 Å². The summed E-state index contributed by atoms with van der Waals surface area (Å²) in [5.74, 6) is -0.160. The molecule has 0 unspecified atom stereocenters. The Kier molecular flexibility index (Phi) is 3.05. The zero-order valence-corrected chi connectivity index (χ0v) is 12.3. The molecule has 0 spiro atoms. The number of fused-ring (bicyclic) bond motifs is 2. The first-order chi connectivity index (χ1) is 11.2. The van der Waals surface area contributed by atoms with Crippen LogP contribution >= 0.6 is 0 Å². The van der Waals surface area contributed by atoms with E-state index in [1.165, 1.54) is 13.4 Å². The van der Waals surface area contributed by atoms with Gasteiger partial charge in [-0.3, -0.25) is 0 Å². The molecule has 112 valence electrons. The molecule has 0 bridgehead atoms. The van der Waals surface area contributed by atoms with Gasteiger partial charge < -0.3 is 9.15 Å². The average molecular weight is 304 g/mol. The van der Waals surface area contributed by atoms with Gasteiger partial charge in [0.2, 0.25) is 5.89 Å². The number of methoxy groups -OCH3 is 1. The number of hydrogen-bond donors (Lipinski definition) is 0. The van der Waals surface area contributed by atoms with Crippen molar-refractivity contribution >= 4 is 27.8 Å². The van der Waals surface area contributed by atoms with E-state index in [4.69, 9.17) is 4.42 Å². The van der Waals surface area contributed by atoms with Crippen molar-refractivity contribution in [2.75, 3.05) is 7.11 Å². The number of para-hydroxylation sites is 1. The standard InChI is InChI=1S/C18H12N2O3/c1-22-18(21)16-10-23-17(20-16)13-7-6-12-8-11-4-2-3-5-14(11)19-15(12)9-13/h2-10H,1H3. The molecule has 2 heterocycles. The molecular weight excluding hydrogens is 292 g/mol. The second-order valence-corrected chi connectivity index (χ2v) is 5.12. The van der Waals surface area contributed by atoms with Crippen LogP contribution < -0.4 is 0 Å². The quantitative estimate of drug-likeness (QED) is 0.416. The number of benzene rings is 2. The molecule has 0 aliphatic rings. The molecule has 5 heteroatoms. The number of ether oxygens (including phenoxy) is 1. The Morgan fingerprint density at radius 2 is 1.83 bits per heavy atom. The molecule has 4 aromatic rings. The van der Waals surface area contributed by atoms with Crippen LogP contribution in [0, 0.1) is 0 Å². The lowest BCUT2D eigenvalue weighted by atomic mass is 10.1. The summed E-state index contributed by atoms with van der Waals surface area (Å²) in [7, 11) is 1.31. The predicted molar refractivity (Wildman–Crippen MR) is 86.1 cm³/mol. The molecule has 0 radical (unpaired) electrons. The van der Waals surface area contributed by atoms with E-state index in [9.17, 15) is 4.79 Å². The number of carbonyl (C=O) groups is 1. The minimum Gasteiger partial charge on any atom is -0.464 e. The van der Waals surface area contributed by atoms with Gasteiger partial charge in [-0.2, -0.15) is 0 Å². The molecule has 0 fully saturated rings. The number of esters is 1. The molecule has 0 saturated heterocycles. The van der Waals surface area contributed by atoms with Gasteiger partial charge in [0.05, 0.1) is 18.1 Å². The van der Waals surface area contributed by atoms with Crippen LogP contribution in [0.4, 0.5) is 0 Å². The summed E-state index contributed by atoms with van der Waals surface area (Å²) < 4.78 is 10.0. The number of rotatable bonds is 2. The summed E-state index contributed by atoms with van der Waals surface area (Å²) in [6.07, 6.45) is 1.29. The normalized spacial score (nSPS) is 11.0. The fraction of sp³-hybridized carbons (Fsp3) is 0.0556. The maximum Gasteiger partial charge on any atom is 0.360 e. The summed E-state index contributed by atoms with van der Waals surface area (Å²) in [5.41, 5.74) is 2.68. The number of nitrogens with zero attached hydrogens (tertiary/aromatic N) is 2. The van der Waals surface area contributed by atoms with Crippen LogP contribution in [0.25, 0.3) is 33.3 Å². The lowest BCUT2D eigenvalue weighted by Gasteiger charge is -2.03. The molecule has 0 aliphatic heterocycles. The van der Waals surface area contributed by atoms with Gasteiger partial charge in [-0.1, -0.05) is 24.3 Å². The smallest absolute Gasteiger partial charge is 0.360 e. The Morgan fingerprint density at radius 3 is 2.70 bits per heavy atom. The van der Waals surface area contributed by atoms with Crippen LogP contribution in [0.1, 0.15) is 10.5 Å². The highest BCUT2D eigenvalue weighted by Gasteiger charge is 2.14. The second kappa shape index (κ2) is 5.21. The molecule has 5 nitrogen and oxygen atoms in total. The fourth-order valence-electron chi connectivity index (χ4n) is 2.51. The summed E-state index contributed by atoms with van der Waals surface area (Å²) in [5, 5.41) is 2.13. The molecule has 0 aliphatic carbocycles. The van der Waals surface area contributed by atoms with Crippen LogP contribution in [0.3, 0.4) is 0 Å². The Hall–Kier alpha value is -3.21. The van der Waals surface area contributed by atoms with Gasteiger partial charge in [-0.15, -0.1) is 0 Å². The minimum absolute atomic E-state index is 0.147. The van der Waals surface area contributed by atoms with Crippen LogP contribution in [0.15, 0.2) is 59.2 Å². The number of oxazole rings is 1. The van der Waals surface area contributed by atoms with Crippen LogP contribution in [-0.2, 0) is 4.74 Å². The van der Waals surface area contributed by atoms with E-state index in [1.54, 1.807) is 0 Å². The van der Waals surface area contributed by atoms with Gasteiger partial charge in [-0.25, -0.2) is 14.8 Å². The first-order valence-electron chi connectivity index (χ1n) is 7.08. The maximum absolute atomic E-state index is 11.5. The zero-order chi connectivity index (χ0) is 15.8. The van der Waals surface area contributed by atoms with Crippen molar-refractivity contribution in [3.8, 4) is 11.5 Å². The maximum atomic E-state index is 11.5. The summed E-state index contributed by atoms with van der Waals surface area (Å²) in [6, 6.07) is 15.8. The van der Waals surface area contributed by atoms with E-state index in [0.717, 1.165) is 27.4 Å². The Morgan fingerprint density at radius 1 is 1.00 bits per heavy atom. The Labute approximate surface area is 131 Å². The second-order valence-electron chi connectivity index (χ2n) is 5.12. The Balaban J connectivity index is 1.83. The highest BCUT2D eigenvalue weighted by Crippen LogP contribution is 2.25. The summed E-state index contributed by atoms with van der Waals surface area (Å²) in [6.45, 7) is 0. The minimum atomic E-state index is -0.523. The molecule has 0 amide bonds. The highest BCUT2D eigenvalue weighted by molar-refractivity contribution is 5.94. The number of aromatic nitrogens is 2. The van der Waals surface area contributed by atoms with Crippen LogP contribution in [-0.4, -0.2) is 23.0 Å². The monoisotopic (exact) mass is 304 g/mol. The van der Waals surface area contributed by atoms with Crippen molar-refractivity contribution in [3.05, 3.63) is 60.5 Å². The van der Waals surface area contributed by atoms with E-state index in [1.807, 2.05) is 42.5 Å². The number of hydrogen-bond acceptors (Lipinski definition) is 5. The van der Waals surface area contributed by atoms with Gasteiger partial charge in [0, 0.05) is 16.3 Å². The van der Waals surface area contributed by atoms with Gasteiger partial charge in [-0.05, 0) is 24.3 Å². The van der Waals surface area contributed by atoms with Crippen LogP contribution in [0.2, 0.25) is 0 Å². The first kappa shape index (κ1) is 13.5. The van der Waals surface area contributed by atoms with Crippen molar-refractivity contribution < 1.29 is 13.9 Å². The third kappa shape index (κ3) is 2.32. The molecule has 0 atom stereocenters. The molecule has 2 aromatic carbocycles. The molecule has 23 heavy (non-hydrogen) atoms. The zero-order valence-electron chi connectivity index (χ0n) is 12.3. The van der Waals surface area contributed by atoms with Gasteiger partial charge in [0.15, 0.2) is 5.69 Å². The fourth-order valence-corrected chi connectivity index (χ4v) is 2.51. The molecular formula is C18H12N2O3. The average Bonchev–Trinajstić information content (AvgIpc) is 3.09. The van der Waals surface area contributed by atoms with Crippen molar-refractivity contribution in [1.29, 1.82) is 0 Å². The summed E-state index contributed by atoms with van der Waals surface area (Å²) >= 11 is 0. The largest absolute Gasteiger partial charge is 0.464 e. The third-order valence-electron chi connectivity index (χ3n) is 3.66. The van der Waals surface area contributed by atoms with Crippen LogP contribution in [0.5, 0.6) is 0 Å².